The summed E-state index contributed by atoms with van der Waals surface area (Å²) in [6.07, 6.45) is -4.96. The molecule has 1 aliphatic heterocycles. The number of rotatable bonds is 1. The molecule has 2 rings (SSSR count). The van der Waals surface area contributed by atoms with E-state index in [1.165, 1.54) is 11.0 Å². The molecular weight excluding hydrogens is 283 g/mol. The van der Waals surface area contributed by atoms with Crippen molar-refractivity contribution in [3.8, 4) is 0 Å². The molecule has 1 unspecified atom stereocenters. The predicted molar refractivity (Wildman–Crippen MR) is 73.4 cm³/mol. The lowest BCUT2D eigenvalue weighted by molar-refractivity contribution is -0.151. The van der Waals surface area contributed by atoms with E-state index in [4.69, 9.17) is 4.74 Å². The first-order chi connectivity index (χ1) is 9.80. The minimum absolute atomic E-state index is 0.0219. The maximum Gasteiger partial charge on any atom is 0.414 e. The highest BCUT2D eigenvalue weighted by Gasteiger charge is 2.43. The third-order valence-corrected chi connectivity index (χ3v) is 3.43. The van der Waals surface area contributed by atoms with Crippen LogP contribution in [0, 0.1) is 0 Å². The summed E-state index contributed by atoms with van der Waals surface area (Å²) in [5.41, 5.74) is 0.436. The van der Waals surface area contributed by atoms with Crippen LogP contribution in [0.2, 0.25) is 0 Å². The fourth-order valence-corrected chi connectivity index (χ4v) is 2.55. The van der Waals surface area contributed by atoms with Gasteiger partial charge in [-0.25, -0.2) is 4.79 Å². The molecule has 1 heterocycles. The van der Waals surface area contributed by atoms with Crippen LogP contribution in [-0.4, -0.2) is 24.9 Å². The zero-order chi connectivity index (χ0) is 15.6. The van der Waals surface area contributed by atoms with Crippen LogP contribution in [0.15, 0.2) is 24.3 Å². The number of benzene rings is 1. The second-order valence-corrected chi connectivity index (χ2v) is 5.38. The van der Waals surface area contributed by atoms with Crippen molar-refractivity contribution >= 4 is 11.8 Å². The lowest BCUT2D eigenvalue weighted by Crippen LogP contribution is -2.34. The molecule has 0 aliphatic carbocycles. The molecule has 0 spiro atoms. The van der Waals surface area contributed by atoms with Crippen molar-refractivity contribution in [2.45, 2.75) is 44.9 Å². The van der Waals surface area contributed by atoms with Crippen molar-refractivity contribution < 1.29 is 22.7 Å². The number of ether oxygens (including phenoxy) is 1. The van der Waals surface area contributed by atoms with E-state index in [0.29, 0.717) is 5.69 Å². The Kier molecular flexibility index (Phi) is 4.44. The number of fused-ring (bicyclic) bond motifs is 1. The van der Waals surface area contributed by atoms with Crippen molar-refractivity contribution in [3.63, 3.8) is 0 Å². The highest BCUT2D eigenvalue weighted by atomic mass is 19.4. The predicted octanol–water partition coefficient (Wildman–Crippen LogP) is 4.48. The Morgan fingerprint density at radius 1 is 1.33 bits per heavy atom. The van der Waals surface area contributed by atoms with Gasteiger partial charge < -0.3 is 4.74 Å². The summed E-state index contributed by atoms with van der Waals surface area (Å²) in [7, 11) is 0. The number of carbonyl (C=O) groups excluding carboxylic acids is 1. The van der Waals surface area contributed by atoms with Crippen molar-refractivity contribution in [2.24, 2.45) is 0 Å². The fraction of sp³-hybridized carbons (Fsp3) is 0.533. The van der Waals surface area contributed by atoms with E-state index in [9.17, 15) is 18.0 Å². The normalized spacial score (nSPS) is 19.1. The van der Waals surface area contributed by atoms with Crippen molar-refractivity contribution in [2.75, 3.05) is 11.4 Å². The minimum atomic E-state index is -4.31. The Morgan fingerprint density at radius 3 is 2.62 bits per heavy atom. The van der Waals surface area contributed by atoms with Gasteiger partial charge in [0.15, 0.2) is 0 Å². The molecule has 116 valence electrons. The van der Waals surface area contributed by atoms with Crippen LogP contribution in [0.1, 0.15) is 38.2 Å². The highest BCUT2D eigenvalue weighted by molar-refractivity contribution is 5.89. The first-order valence-electron chi connectivity index (χ1n) is 6.94. The van der Waals surface area contributed by atoms with Crippen LogP contribution < -0.4 is 4.90 Å². The molecule has 21 heavy (non-hydrogen) atoms. The van der Waals surface area contributed by atoms with Gasteiger partial charge in [-0.15, -0.1) is 0 Å². The average molecular weight is 301 g/mol. The van der Waals surface area contributed by atoms with Gasteiger partial charge in [0.2, 0.25) is 0 Å². The molecular formula is C15H18F3NO2. The first kappa shape index (κ1) is 15.7. The van der Waals surface area contributed by atoms with Gasteiger partial charge >= 0.3 is 12.3 Å². The number of alkyl halides is 3. The van der Waals surface area contributed by atoms with Crippen molar-refractivity contribution in [1.82, 2.24) is 0 Å². The Balaban J connectivity index is 2.40. The number of amides is 1. The Hall–Kier alpha value is -1.72. The zero-order valence-electron chi connectivity index (χ0n) is 12.0. The smallest absolute Gasteiger partial charge is 0.414 e. The molecule has 6 heteroatoms. The number of anilines is 1. The monoisotopic (exact) mass is 301 g/mol. The van der Waals surface area contributed by atoms with E-state index in [-0.39, 0.29) is 31.1 Å². The van der Waals surface area contributed by atoms with E-state index >= 15 is 0 Å². The highest BCUT2D eigenvalue weighted by Crippen LogP contribution is 2.44. The molecule has 1 atom stereocenters. The first-order valence-corrected chi connectivity index (χ1v) is 6.94. The number of nitrogens with zero attached hydrogens (tertiary/aromatic N) is 1. The Bertz CT molecular complexity index is 514. The number of hydrogen-bond acceptors (Lipinski definition) is 2. The van der Waals surface area contributed by atoms with E-state index in [0.717, 1.165) is 0 Å². The third-order valence-electron chi connectivity index (χ3n) is 3.43. The van der Waals surface area contributed by atoms with Gasteiger partial charge in [0.05, 0.1) is 17.7 Å². The summed E-state index contributed by atoms with van der Waals surface area (Å²) in [6, 6.07) is 6.18. The molecule has 1 aliphatic rings. The van der Waals surface area contributed by atoms with E-state index in [1.54, 1.807) is 32.0 Å². The van der Waals surface area contributed by atoms with E-state index < -0.39 is 18.2 Å². The lowest BCUT2D eigenvalue weighted by atomic mass is 9.93. The van der Waals surface area contributed by atoms with Crippen LogP contribution in [0.4, 0.5) is 23.7 Å². The summed E-state index contributed by atoms with van der Waals surface area (Å²) in [4.78, 5) is 13.4. The SMILES string of the molecule is CC(C)OC(=O)N1CCCC(C(F)(F)F)c2ccccc21. The molecule has 1 amide bonds. The molecule has 3 nitrogen and oxygen atoms in total. The maximum absolute atomic E-state index is 13.2. The second-order valence-electron chi connectivity index (χ2n) is 5.38. The Morgan fingerprint density at radius 2 is 2.00 bits per heavy atom. The molecule has 1 aromatic carbocycles. The molecule has 0 saturated carbocycles. The van der Waals surface area contributed by atoms with Gasteiger partial charge in [0.1, 0.15) is 0 Å². The molecule has 0 radical (unpaired) electrons. The van der Waals surface area contributed by atoms with Gasteiger partial charge in [-0.05, 0) is 38.3 Å². The fourth-order valence-electron chi connectivity index (χ4n) is 2.55. The molecule has 1 aromatic rings. The molecule has 0 saturated heterocycles. The molecule has 0 fully saturated rings. The third kappa shape index (κ3) is 3.49. The van der Waals surface area contributed by atoms with E-state index in [1.807, 2.05) is 0 Å². The van der Waals surface area contributed by atoms with Crippen LogP contribution in [0.25, 0.3) is 0 Å². The van der Waals surface area contributed by atoms with Crippen LogP contribution in [0.3, 0.4) is 0 Å². The number of carbonyl (C=O) groups is 1. The average Bonchev–Trinajstić information content (AvgIpc) is 2.56. The summed E-state index contributed by atoms with van der Waals surface area (Å²) < 4.78 is 44.7. The van der Waals surface area contributed by atoms with Gasteiger partial charge in [-0.3, -0.25) is 4.90 Å². The van der Waals surface area contributed by atoms with Crippen LogP contribution in [0.5, 0.6) is 0 Å². The van der Waals surface area contributed by atoms with Crippen LogP contribution >= 0.6 is 0 Å². The maximum atomic E-state index is 13.2. The van der Waals surface area contributed by atoms with E-state index in [2.05, 4.69) is 0 Å². The van der Waals surface area contributed by atoms with Crippen molar-refractivity contribution in [3.05, 3.63) is 29.8 Å². The molecule has 0 aromatic heterocycles. The van der Waals surface area contributed by atoms with Gasteiger partial charge in [0, 0.05) is 6.54 Å². The molecule has 0 bridgehead atoms. The topological polar surface area (TPSA) is 29.5 Å². The summed E-state index contributed by atoms with van der Waals surface area (Å²) in [6.45, 7) is 3.65. The summed E-state index contributed by atoms with van der Waals surface area (Å²) in [5.74, 6) is -1.54. The number of halogens is 3. The van der Waals surface area contributed by atoms with Crippen molar-refractivity contribution in [1.29, 1.82) is 0 Å². The largest absolute Gasteiger partial charge is 0.446 e. The lowest BCUT2D eigenvalue weighted by Gasteiger charge is -2.25. The van der Waals surface area contributed by atoms with Gasteiger partial charge in [-0.1, -0.05) is 18.2 Å². The zero-order valence-corrected chi connectivity index (χ0v) is 12.0. The standard InChI is InChI=1S/C15H18F3NO2/c1-10(2)21-14(20)19-9-5-7-12(15(16,17)18)11-6-3-4-8-13(11)19/h3-4,6,8,10,12H,5,7,9H2,1-2H3. The van der Waals surface area contributed by atoms with Crippen LogP contribution in [-0.2, 0) is 4.74 Å². The quantitative estimate of drug-likeness (QED) is 0.765. The second kappa shape index (κ2) is 5.95. The van der Waals surface area contributed by atoms with Gasteiger partial charge in [-0.2, -0.15) is 13.2 Å². The summed E-state index contributed by atoms with van der Waals surface area (Å²) >= 11 is 0. The summed E-state index contributed by atoms with van der Waals surface area (Å²) in [5, 5.41) is 0. The Labute approximate surface area is 121 Å². The number of hydrogen-bond donors (Lipinski definition) is 0. The number of para-hydroxylation sites is 1. The van der Waals surface area contributed by atoms with Gasteiger partial charge in [0.25, 0.3) is 0 Å². The molecule has 0 N–H and O–H groups in total. The minimum Gasteiger partial charge on any atom is -0.446 e.